The average molecular weight is 286 g/mol. The standard InChI is InChI=1S/C9H11NO.C4H10O3P/c1-7(11)9-5-3-2-4-8(9)6-10;1-3-6-8(5)7-4-2/h2-5H,6,10H2,1H3;3-4H2,1-2H3/q;+1. The van der Waals surface area contributed by atoms with Crippen molar-refractivity contribution in [2.45, 2.75) is 27.3 Å². The molecule has 0 radical (unpaired) electrons. The lowest BCUT2D eigenvalue weighted by molar-refractivity contribution is 0.101. The van der Waals surface area contributed by atoms with E-state index in [1.807, 2.05) is 18.2 Å². The summed E-state index contributed by atoms with van der Waals surface area (Å²) in [7, 11) is -1.83. The molecule has 1 aromatic carbocycles. The smallest absolute Gasteiger partial charge is 0.326 e. The van der Waals surface area contributed by atoms with Crippen LogP contribution < -0.4 is 5.73 Å². The van der Waals surface area contributed by atoms with Gasteiger partial charge in [-0.2, -0.15) is 0 Å². The molecule has 2 N–H and O–H groups in total. The minimum atomic E-state index is -1.83. The van der Waals surface area contributed by atoms with Crippen LogP contribution in [0.2, 0.25) is 0 Å². The topological polar surface area (TPSA) is 78.6 Å². The zero-order chi connectivity index (χ0) is 14.7. The summed E-state index contributed by atoms with van der Waals surface area (Å²) in [5, 5.41) is 0. The Balaban J connectivity index is 0.000000362. The SMILES string of the molecule is CC(=O)c1ccccc1CN.CCO[P+](=O)OCC. The van der Waals surface area contributed by atoms with Crippen molar-refractivity contribution in [3.8, 4) is 0 Å². The summed E-state index contributed by atoms with van der Waals surface area (Å²) in [6.45, 7) is 6.40. The van der Waals surface area contributed by atoms with Gasteiger partial charge in [0.05, 0.1) is 0 Å². The fourth-order valence-corrected chi connectivity index (χ4v) is 1.79. The number of benzene rings is 1. The van der Waals surface area contributed by atoms with Crippen LogP contribution in [0.4, 0.5) is 0 Å². The highest BCUT2D eigenvalue weighted by Crippen LogP contribution is 2.21. The first kappa shape index (κ1) is 17.9. The fourth-order valence-electron chi connectivity index (χ4n) is 1.29. The zero-order valence-corrected chi connectivity index (χ0v) is 12.5. The van der Waals surface area contributed by atoms with Crippen LogP contribution in [-0.2, 0) is 20.2 Å². The van der Waals surface area contributed by atoms with Crippen molar-refractivity contribution < 1.29 is 18.4 Å². The van der Waals surface area contributed by atoms with Gasteiger partial charge in [0.2, 0.25) is 0 Å². The van der Waals surface area contributed by atoms with Crippen LogP contribution in [-0.4, -0.2) is 19.0 Å². The second-order valence-corrected chi connectivity index (χ2v) is 4.44. The number of ketones is 1. The number of Topliss-reactive ketones (excluding diaryl/α,β-unsaturated/α-hetero) is 1. The summed E-state index contributed by atoms with van der Waals surface area (Å²) in [6.07, 6.45) is 0. The Morgan fingerprint density at radius 3 is 2.11 bits per heavy atom. The van der Waals surface area contributed by atoms with Gasteiger partial charge in [-0.25, -0.2) is 0 Å². The molecule has 0 atom stereocenters. The van der Waals surface area contributed by atoms with E-state index in [2.05, 4.69) is 9.05 Å². The highest BCUT2D eigenvalue weighted by Gasteiger charge is 2.15. The quantitative estimate of drug-likeness (QED) is 0.642. The minimum Gasteiger partial charge on any atom is -0.326 e. The molecule has 0 saturated heterocycles. The zero-order valence-electron chi connectivity index (χ0n) is 11.6. The van der Waals surface area contributed by atoms with Crippen molar-refractivity contribution >= 4 is 14.0 Å². The van der Waals surface area contributed by atoms with E-state index in [0.29, 0.717) is 19.8 Å². The first-order valence-corrected chi connectivity index (χ1v) is 7.18. The van der Waals surface area contributed by atoms with Gasteiger partial charge in [0.1, 0.15) is 13.2 Å². The Labute approximate surface area is 115 Å². The molecule has 1 aromatic rings. The molecule has 0 spiro atoms. The molecule has 19 heavy (non-hydrogen) atoms. The average Bonchev–Trinajstić information content (AvgIpc) is 2.40. The summed E-state index contributed by atoms with van der Waals surface area (Å²) < 4.78 is 19.5. The number of hydrogen-bond acceptors (Lipinski definition) is 5. The molecule has 0 aliphatic rings. The lowest BCUT2D eigenvalue weighted by atomic mass is 10.1. The van der Waals surface area contributed by atoms with Gasteiger partial charge in [0, 0.05) is 16.7 Å². The van der Waals surface area contributed by atoms with Gasteiger partial charge in [-0.3, -0.25) is 4.79 Å². The normalized spacial score (nSPS) is 9.47. The Bertz CT molecular complexity index is 401. The Hall–Kier alpha value is -1.13. The van der Waals surface area contributed by atoms with E-state index in [9.17, 15) is 9.36 Å². The van der Waals surface area contributed by atoms with Crippen LogP contribution in [0.5, 0.6) is 0 Å². The molecule has 6 heteroatoms. The number of carbonyl (C=O) groups excluding carboxylic acids is 1. The van der Waals surface area contributed by atoms with Crippen LogP contribution in [0.25, 0.3) is 0 Å². The van der Waals surface area contributed by atoms with E-state index >= 15 is 0 Å². The maximum absolute atomic E-state index is 11.0. The van der Waals surface area contributed by atoms with Gasteiger partial charge < -0.3 is 5.73 Å². The highest BCUT2D eigenvalue weighted by atomic mass is 31.1. The van der Waals surface area contributed by atoms with Gasteiger partial charge >= 0.3 is 8.25 Å². The van der Waals surface area contributed by atoms with Crippen LogP contribution in [0.3, 0.4) is 0 Å². The van der Waals surface area contributed by atoms with Crippen molar-refractivity contribution in [3.05, 3.63) is 35.4 Å². The van der Waals surface area contributed by atoms with E-state index in [-0.39, 0.29) is 5.78 Å². The number of nitrogens with two attached hydrogens (primary N) is 1. The first-order valence-electron chi connectivity index (χ1n) is 6.08. The predicted octanol–water partition coefficient (Wildman–Crippen LogP) is 3.06. The van der Waals surface area contributed by atoms with Crippen LogP contribution >= 0.6 is 8.25 Å². The monoisotopic (exact) mass is 286 g/mol. The van der Waals surface area contributed by atoms with Crippen LogP contribution in [0, 0.1) is 0 Å². The van der Waals surface area contributed by atoms with Gasteiger partial charge in [0.15, 0.2) is 5.78 Å². The summed E-state index contributed by atoms with van der Waals surface area (Å²) in [5.74, 6) is 0.0750. The maximum atomic E-state index is 11.0. The van der Waals surface area contributed by atoms with Crippen molar-refractivity contribution in [1.82, 2.24) is 0 Å². The Morgan fingerprint density at radius 2 is 1.74 bits per heavy atom. The molecule has 0 aliphatic carbocycles. The minimum absolute atomic E-state index is 0.0750. The summed E-state index contributed by atoms with van der Waals surface area (Å²) >= 11 is 0. The molecular weight excluding hydrogens is 265 g/mol. The van der Waals surface area contributed by atoms with Crippen molar-refractivity contribution in [1.29, 1.82) is 0 Å². The van der Waals surface area contributed by atoms with Gasteiger partial charge in [-0.15, -0.1) is 9.05 Å². The lowest BCUT2D eigenvalue weighted by Gasteiger charge is -2.01. The molecule has 1 rings (SSSR count). The lowest BCUT2D eigenvalue weighted by Crippen LogP contribution is -2.04. The molecule has 0 heterocycles. The molecule has 0 fully saturated rings. The highest BCUT2D eigenvalue weighted by molar-refractivity contribution is 7.33. The van der Waals surface area contributed by atoms with E-state index < -0.39 is 8.25 Å². The predicted molar refractivity (Wildman–Crippen MR) is 75.2 cm³/mol. The van der Waals surface area contributed by atoms with Crippen molar-refractivity contribution in [2.75, 3.05) is 13.2 Å². The molecule has 0 aliphatic heterocycles. The fraction of sp³-hybridized carbons (Fsp3) is 0.462. The summed E-state index contributed by atoms with van der Waals surface area (Å²) in [5.41, 5.74) is 7.08. The maximum Gasteiger partial charge on any atom is 0.697 e. The first-order chi connectivity index (χ1) is 9.06. The van der Waals surface area contributed by atoms with Crippen molar-refractivity contribution in [2.24, 2.45) is 5.73 Å². The molecule has 5 nitrogen and oxygen atoms in total. The van der Waals surface area contributed by atoms with Crippen molar-refractivity contribution in [3.63, 3.8) is 0 Å². The van der Waals surface area contributed by atoms with E-state index in [4.69, 9.17) is 5.73 Å². The van der Waals surface area contributed by atoms with Crippen LogP contribution in [0.1, 0.15) is 36.7 Å². The number of carbonyl (C=O) groups is 1. The molecule has 0 saturated carbocycles. The second kappa shape index (κ2) is 10.8. The van der Waals surface area contributed by atoms with E-state index in [1.54, 1.807) is 26.8 Å². The molecule has 0 unspecified atom stereocenters. The largest absolute Gasteiger partial charge is 0.697 e. The Kier molecular flexibility index (Phi) is 10.1. The van der Waals surface area contributed by atoms with Gasteiger partial charge in [-0.1, -0.05) is 24.3 Å². The third kappa shape index (κ3) is 7.80. The molecule has 106 valence electrons. The molecule has 0 bridgehead atoms. The second-order valence-electron chi connectivity index (χ2n) is 3.48. The Morgan fingerprint density at radius 1 is 1.21 bits per heavy atom. The van der Waals surface area contributed by atoms with Gasteiger partial charge in [-0.05, 0) is 26.3 Å². The van der Waals surface area contributed by atoms with E-state index in [0.717, 1.165) is 11.1 Å². The molecule has 0 aromatic heterocycles. The number of rotatable bonds is 6. The third-order valence-electron chi connectivity index (χ3n) is 2.09. The third-order valence-corrected chi connectivity index (χ3v) is 3.02. The molecule has 0 amide bonds. The number of hydrogen-bond donors (Lipinski definition) is 1. The van der Waals surface area contributed by atoms with Crippen LogP contribution in [0.15, 0.2) is 24.3 Å². The summed E-state index contributed by atoms with van der Waals surface area (Å²) in [4.78, 5) is 11.0. The van der Waals surface area contributed by atoms with Gasteiger partial charge in [0.25, 0.3) is 0 Å². The summed E-state index contributed by atoms with van der Waals surface area (Å²) in [6, 6.07) is 7.39. The van der Waals surface area contributed by atoms with E-state index in [1.165, 1.54) is 0 Å². The molecular formula is C13H21NO4P+.